The molecule has 0 saturated carbocycles. The minimum Gasteiger partial charge on any atom is -0.493 e. The molecule has 0 N–H and O–H groups in total. The van der Waals surface area contributed by atoms with E-state index in [1.165, 1.54) is 12.0 Å². The van der Waals surface area contributed by atoms with Crippen molar-refractivity contribution in [2.24, 2.45) is 0 Å². The summed E-state index contributed by atoms with van der Waals surface area (Å²) in [5.74, 6) is 1.90. The van der Waals surface area contributed by atoms with Crippen LogP contribution in [0.4, 0.5) is 0 Å². The van der Waals surface area contributed by atoms with Gasteiger partial charge in [-0.1, -0.05) is 18.2 Å². The van der Waals surface area contributed by atoms with Crippen molar-refractivity contribution in [1.29, 1.82) is 0 Å². The van der Waals surface area contributed by atoms with Crippen LogP contribution < -0.4 is 13.7 Å². The second-order valence-corrected chi connectivity index (χ2v) is 4.15. The van der Waals surface area contributed by atoms with Gasteiger partial charge in [-0.3, -0.25) is 0 Å². The first-order chi connectivity index (χ1) is 8.76. The van der Waals surface area contributed by atoms with Crippen LogP contribution in [0.5, 0.6) is 17.2 Å². The van der Waals surface area contributed by atoms with Crippen molar-refractivity contribution in [1.82, 2.24) is 0 Å². The predicted octanol–water partition coefficient (Wildman–Crippen LogP) is 4.21. The average molecular weight is 266 g/mol. The molecule has 1 aromatic carbocycles. The Hall–Kier alpha value is -1.55. The van der Waals surface area contributed by atoms with E-state index in [0.29, 0.717) is 17.2 Å². The first-order valence-corrected chi connectivity index (χ1v) is 6.35. The van der Waals surface area contributed by atoms with Crippen LogP contribution in [0.25, 0.3) is 0 Å². The van der Waals surface area contributed by atoms with Crippen molar-refractivity contribution >= 4 is 12.0 Å². The zero-order chi connectivity index (χ0) is 13.4. The molecule has 0 spiro atoms. The molecule has 0 saturated heterocycles. The van der Waals surface area contributed by atoms with Crippen molar-refractivity contribution in [3.05, 3.63) is 41.3 Å². The normalized spacial score (nSPS) is 11.7. The second-order valence-electron chi connectivity index (χ2n) is 3.35. The first-order valence-electron chi connectivity index (χ1n) is 5.61. The van der Waals surface area contributed by atoms with E-state index in [2.05, 4.69) is 0 Å². The second kappa shape index (κ2) is 7.71. The van der Waals surface area contributed by atoms with E-state index in [1.54, 1.807) is 14.2 Å². The minimum atomic E-state index is 0.600. The Balaban J connectivity index is 2.84. The lowest BCUT2D eigenvalue weighted by molar-refractivity contribution is 0.346. The highest BCUT2D eigenvalue weighted by atomic mass is 32.2. The number of rotatable bonds is 6. The van der Waals surface area contributed by atoms with Gasteiger partial charge in [0.05, 0.1) is 26.3 Å². The molecule has 1 aromatic rings. The summed E-state index contributed by atoms with van der Waals surface area (Å²) < 4.78 is 16.2. The van der Waals surface area contributed by atoms with Crippen LogP contribution in [-0.4, -0.2) is 14.2 Å². The Bertz CT molecular complexity index is 439. The van der Waals surface area contributed by atoms with Gasteiger partial charge in [0.15, 0.2) is 11.5 Å². The lowest BCUT2D eigenvalue weighted by Crippen LogP contribution is -1.93. The largest absolute Gasteiger partial charge is 0.493 e. The van der Waals surface area contributed by atoms with E-state index in [4.69, 9.17) is 13.7 Å². The van der Waals surface area contributed by atoms with E-state index in [1.807, 2.05) is 50.3 Å². The molecule has 0 atom stereocenters. The highest BCUT2D eigenvalue weighted by Crippen LogP contribution is 2.39. The molecule has 0 fully saturated rings. The molecule has 0 radical (unpaired) electrons. The fourth-order valence-electron chi connectivity index (χ4n) is 1.35. The lowest BCUT2D eigenvalue weighted by Gasteiger charge is -2.12. The maximum absolute atomic E-state index is 5.67. The van der Waals surface area contributed by atoms with E-state index in [-0.39, 0.29) is 0 Å². The van der Waals surface area contributed by atoms with Crippen molar-refractivity contribution in [2.45, 2.75) is 13.8 Å². The zero-order valence-electron chi connectivity index (χ0n) is 11.1. The van der Waals surface area contributed by atoms with Gasteiger partial charge in [0.25, 0.3) is 0 Å². The van der Waals surface area contributed by atoms with E-state index < -0.39 is 0 Å². The van der Waals surface area contributed by atoms with E-state index >= 15 is 0 Å². The maximum Gasteiger partial charge on any atom is 0.204 e. The third kappa shape index (κ3) is 3.74. The molecule has 4 heteroatoms. The van der Waals surface area contributed by atoms with Gasteiger partial charge in [-0.05, 0) is 32.1 Å². The SMILES string of the molecule is C/C=C\C(=C/C)SOc1cccc(OC)c1OC. The summed E-state index contributed by atoms with van der Waals surface area (Å²) in [4.78, 5) is 1.03. The third-order valence-corrected chi connectivity index (χ3v) is 3.04. The summed E-state index contributed by atoms with van der Waals surface area (Å²) in [6.07, 6.45) is 5.93. The standard InChI is InChI=1S/C14H18O3S/c1-5-8-11(6-2)18-17-13-10-7-9-12(15-3)14(13)16-4/h5-10H,1-4H3/b8-5-,11-6+. The molecule has 0 amide bonds. The van der Waals surface area contributed by atoms with Gasteiger partial charge in [-0.15, -0.1) is 0 Å². The van der Waals surface area contributed by atoms with Gasteiger partial charge in [-0.2, -0.15) is 0 Å². The van der Waals surface area contributed by atoms with Crippen LogP contribution in [0.2, 0.25) is 0 Å². The van der Waals surface area contributed by atoms with Gasteiger partial charge < -0.3 is 13.7 Å². The number of ether oxygens (including phenoxy) is 2. The van der Waals surface area contributed by atoms with Crippen LogP contribution in [0.3, 0.4) is 0 Å². The monoisotopic (exact) mass is 266 g/mol. The smallest absolute Gasteiger partial charge is 0.204 e. The first kappa shape index (κ1) is 14.5. The highest BCUT2D eigenvalue weighted by Gasteiger charge is 2.11. The molecule has 0 unspecified atom stereocenters. The highest BCUT2D eigenvalue weighted by molar-refractivity contribution is 7.99. The van der Waals surface area contributed by atoms with Crippen LogP contribution in [0, 0.1) is 0 Å². The summed E-state index contributed by atoms with van der Waals surface area (Å²) in [5.41, 5.74) is 0. The topological polar surface area (TPSA) is 27.7 Å². The van der Waals surface area contributed by atoms with Crippen LogP contribution in [-0.2, 0) is 0 Å². The third-order valence-electron chi connectivity index (χ3n) is 2.21. The molecule has 0 aliphatic carbocycles. The van der Waals surface area contributed by atoms with Crippen LogP contribution >= 0.6 is 12.0 Å². The number of allylic oxidation sites excluding steroid dienone is 3. The molecule has 3 nitrogen and oxygen atoms in total. The minimum absolute atomic E-state index is 0.600. The summed E-state index contributed by atoms with van der Waals surface area (Å²) >= 11 is 1.29. The van der Waals surface area contributed by atoms with Gasteiger partial charge >= 0.3 is 0 Å². The molecular formula is C14H18O3S. The van der Waals surface area contributed by atoms with Gasteiger partial charge in [0, 0.05) is 4.91 Å². The lowest BCUT2D eigenvalue weighted by atomic mass is 10.3. The zero-order valence-corrected chi connectivity index (χ0v) is 11.9. The van der Waals surface area contributed by atoms with Crippen LogP contribution in [0.1, 0.15) is 13.8 Å². The summed E-state index contributed by atoms with van der Waals surface area (Å²) in [7, 11) is 3.20. The molecular weight excluding hydrogens is 248 g/mol. The fourth-order valence-corrected chi connectivity index (χ4v) is 1.96. The summed E-state index contributed by atoms with van der Waals surface area (Å²) in [6.45, 7) is 3.94. The van der Waals surface area contributed by atoms with Crippen molar-refractivity contribution < 1.29 is 13.7 Å². The number of methoxy groups -OCH3 is 2. The number of benzene rings is 1. The van der Waals surface area contributed by atoms with Crippen molar-refractivity contribution in [3.63, 3.8) is 0 Å². The number of para-hydroxylation sites is 1. The van der Waals surface area contributed by atoms with Crippen molar-refractivity contribution in [3.8, 4) is 17.2 Å². The fraction of sp³-hybridized carbons (Fsp3) is 0.286. The summed E-state index contributed by atoms with van der Waals surface area (Å²) in [5, 5.41) is 0. The van der Waals surface area contributed by atoms with E-state index in [0.717, 1.165) is 4.91 Å². The van der Waals surface area contributed by atoms with Gasteiger partial charge in [-0.25, -0.2) is 0 Å². The Labute approximate surface area is 113 Å². The van der Waals surface area contributed by atoms with Gasteiger partial charge in [0.1, 0.15) is 0 Å². The Morgan fingerprint density at radius 1 is 1.11 bits per heavy atom. The molecule has 0 aliphatic heterocycles. The molecule has 0 aromatic heterocycles. The Kier molecular flexibility index (Phi) is 6.22. The quantitative estimate of drug-likeness (QED) is 0.569. The average Bonchev–Trinajstić information content (AvgIpc) is 2.42. The summed E-state index contributed by atoms with van der Waals surface area (Å²) in [6, 6.07) is 5.54. The Morgan fingerprint density at radius 2 is 1.83 bits per heavy atom. The number of hydrogen-bond donors (Lipinski definition) is 0. The number of hydrogen-bond acceptors (Lipinski definition) is 4. The predicted molar refractivity (Wildman–Crippen MR) is 76.3 cm³/mol. The van der Waals surface area contributed by atoms with E-state index in [9.17, 15) is 0 Å². The molecule has 18 heavy (non-hydrogen) atoms. The molecule has 1 rings (SSSR count). The maximum atomic E-state index is 5.67. The van der Waals surface area contributed by atoms with Gasteiger partial charge in [0.2, 0.25) is 5.75 Å². The molecule has 0 bridgehead atoms. The molecule has 0 heterocycles. The van der Waals surface area contributed by atoms with Crippen molar-refractivity contribution in [2.75, 3.05) is 14.2 Å². The van der Waals surface area contributed by atoms with Crippen LogP contribution in [0.15, 0.2) is 41.3 Å². The molecule has 0 aliphatic rings. The molecule has 98 valence electrons. The Morgan fingerprint density at radius 3 is 2.39 bits per heavy atom.